The van der Waals surface area contributed by atoms with Crippen LogP contribution in [0.1, 0.15) is 47.5 Å². The highest BCUT2D eigenvalue weighted by Gasteiger charge is 2.29. The summed E-state index contributed by atoms with van der Waals surface area (Å²) in [6, 6.07) is 0.121. The van der Waals surface area contributed by atoms with Gasteiger partial charge in [0.2, 0.25) is 10.0 Å². The van der Waals surface area contributed by atoms with Gasteiger partial charge in [-0.15, -0.1) is 24.0 Å². The van der Waals surface area contributed by atoms with E-state index >= 15 is 0 Å². The van der Waals surface area contributed by atoms with E-state index in [1.165, 1.54) is 4.31 Å². The topological polar surface area (TPSA) is 108 Å². The third-order valence-electron chi connectivity index (χ3n) is 4.46. The minimum absolute atomic E-state index is 0. The number of hydrogen-bond acceptors (Lipinski definition) is 5. The van der Waals surface area contributed by atoms with Crippen LogP contribution in [0, 0.1) is 0 Å². The SMILES string of the molecule is CCNC(=NCCS(=O)(=O)C(C)(C)C)NC1CCN(S(=O)(=O)CC)CC1.I. The third kappa shape index (κ3) is 8.40. The Labute approximate surface area is 181 Å². The third-order valence-corrected chi connectivity index (χ3v) is 8.93. The summed E-state index contributed by atoms with van der Waals surface area (Å²) < 4.78 is 48.9. The zero-order valence-electron chi connectivity index (χ0n) is 17.0. The molecule has 0 radical (unpaired) electrons. The monoisotopic (exact) mass is 538 g/mol. The highest BCUT2D eigenvalue weighted by atomic mass is 127. The van der Waals surface area contributed by atoms with Crippen LogP contribution in [0.15, 0.2) is 4.99 Å². The molecule has 0 aromatic heterocycles. The number of sulfonamides is 1. The first kappa shape index (κ1) is 26.9. The van der Waals surface area contributed by atoms with Crippen molar-refractivity contribution in [3.63, 3.8) is 0 Å². The Hall–Kier alpha value is -0.140. The maximum Gasteiger partial charge on any atom is 0.213 e. The van der Waals surface area contributed by atoms with E-state index in [1.807, 2.05) is 6.92 Å². The van der Waals surface area contributed by atoms with Gasteiger partial charge in [-0.2, -0.15) is 0 Å². The van der Waals surface area contributed by atoms with E-state index in [0.717, 1.165) is 0 Å². The number of halogens is 1. The van der Waals surface area contributed by atoms with Crippen LogP contribution in [0.4, 0.5) is 0 Å². The highest BCUT2D eigenvalue weighted by Crippen LogP contribution is 2.16. The van der Waals surface area contributed by atoms with Crippen molar-refractivity contribution in [3.05, 3.63) is 0 Å². The second-order valence-corrected chi connectivity index (χ2v) is 12.5. The van der Waals surface area contributed by atoms with Gasteiger partial charge >= 0.3 is 0 Å². The van der Waals surface area contributed by atoms with Gasteiger partial charge in [0.15, 0.2) is 15.8 Å². The zero-order valence-corrected chi connectivity index (χ0v) is 20.9. The lowest BCUT2D eigenvalue weighted by Crippen LogP contribution is -2.50. The molecule has 1 aliphatic heterocycles. The van der Waals surface area contributed by atoms with Gasteiger partial charge in [-0.05, 0) is 47.5 Å². The molecule has 0 atom stereocenters. The van der Waals surface area contributed by atoms with Crippen molar-refractivity contribution in [2.75, 3.05) is 37.7 Å². The van der Waals surface area contributed by atoms with Gasteiger partial charge in [-0.1, -0.05) is 0 Å². The van der Waals surface area contributed by atoms with Gasteiger partial charge in [-0.25, -0.2) is 21.1 Å². The molecule has 162 valence electrons. The van der Waals surface area contributed by atoms with Crippen LogP contribution in [-0.4, -0.2) is 75.6 Å². The van der Waals surface area contributed by atoms with Crippen molar-refractivity contribution in [2.24, 2.45) is 4.99 Å². The number of guanidine groups is 1. The molecule has 0 aliphatic carbocycles. The summed E-state index contributed by atoms with van der Waals surface area (Å²) in [6.45, 7) is 10.5. The molecule has 0 unspecified atom stereocenters. The highest BCUT2D eigenvalue weighted by molar-refractivity contribution is 14.0. The molecule has 1 rings (SSSR count). The predicted molar refractivity (Wildman–Crippen MR) is 122 cm³/mol. The van der Waals surface area contributed by atoms with Gasteiger partial charge in [0, 0.05) is 25.7 Å². The average Bonchev–Trinajstić information content (AvgIpc) is 2.54. The lowest BCUT2D eigenvalue weighted by atomic mass is 10.1. The van der Waals surface area contributed by atoms with E-state index < -0.39 is 24.6 Å². The van der Waals surface area contributed by atoms with E-state index in [9.17, 15) is 16.8 Å². The molecule has 1 heterocycles. The molecule has 2 N–H and O–H groups in total. The Kier molecular flexibility index (Phi) is 11.1. The van der Waals surface area contributed by atoms with Crippen molar-refractivity contribution in [3.8, 4) is 0 Å². The normalized spacial score (nSPS) is 18.0. The van der Waals surface area contributed by atoms with Gasteiger partial charge < -0.3 is 10.6 Å². The summed E-state index contributed by atoms with van der Waals surface area (Å²) in [4.78, 5) is 4.37. The van der Waals surface area contributed by atoms with E-state index in [2.05, 4.69) is 15.6 Å². The summed E-state index contributed by atoms with van der Waals surface area (Å²) in [7, 11) is -6.34. The molecule has 27 heavy (non-hydrogen) atoms. The minimum atomic E-state index is -3.20. The van der Waals surface area contributed by atoms with Crippen molar-refractivity contribution >= 4 is 49.8 Å². The summed E-state index contributed by atoms with van der Waals surface area (Å²) >= 11 is 0. The average molecular weight is 539 g/mol. The molecule has 1 fully saturated rings. The zero-order chi connectivity index (χ0) is 20.0. The number of nitrogens with one attached hydrogen (secondary N) is 2. The van der Waals surface area contributed by atoms with E-state index in [4.69, 9.17) is 0 Å². The molecule has 1 aliphatic rings. The summed E-state index contributed by atoms with van der Waals surface area (Å²) in [6.07, 6.45) is 1.40. The van der Waals surface area contributed by atoms with Gasteiger partial charge in [-0.3, -0.25) is 4.99 Å². The molecule has 0 aromatic rings. The van der Waals surface area contributed by atoms with Crippen LogP contribution in [0.5, 0.6) is 0 Å². The maximum absolute atomic E-state index is 12.2. The van der Waals surface area contributed by atoms with Crippen LogP contribution in [0.25, 0.3) is 0 Å². The Morgan fingerprint density at radius 3 is 2.11 bits per heavy atom. The number of aliphatic imine (C=N–C) groups is 1. The summed E-state index contributed by atoms with van der Waals surface area (Å²) in [5.41, 5.74) is 0. The van der Waals surface area contributed by atoms with Crippen molar-refractivity contribution < 1.29 is 16.8 Å². The molecule has 11 heteroatoms. The number of nitrogens with zero attached hydrogens (tertiary/aromatic N) is 2. The fourth-order valence-corrected chi connectivity index (χ4v) is 4.63. The van der Waals surface area contributed by atoms with Crippen molar-refractivity contribution in [1.82, 2.24) is 14.9 Å². The van der Waals surface area contributed by atoms with E-state index in [-0.39, 0.29) is 48.1 Å². The second-order valence-electron chi connectivity index (χ2n) is 7.41. The Bertz CT molecular complexity index is 680. The van der Waals surface area contributed by atoms with Crippen LogP contribution >= 0.6 is 24.0 Å². The lowest BCUT2D eigenvalue weighted by molar-refractivity contribution is 0.306. The molecule has 0 amide bonds. The summed E-state index contributed by atoms with van der Waals surface area (Å²) in [5, 5.41) is 6.41. The van der Waals surface area contributed by atoms with E-state index in [1.54, 1.807) is 27.7 Å². The Balaban J connectivity index is 0.00000676. The smallest absolute Gasteiger partial charge is 0.213 e. The standard InChI is InChI=1S/C16H34N4O4S2.HI/c1-6-17-15(18-10-13-25(21,22)16(3,4)5)19-14-8-11-20(12-9-14)26(23,24)7-2;/h14H,6-13H2,1-5H3,(H2,17,18,19);1H. The molecule has 0 bridgehead atoms. The van der Waals surface area contributed by atoms with Crippen LogP contribution in [-0.2, 0) is 19.9 Å². The molecular formula is C16H35IN4O4S2. The first-order chi connectivity index (χ1) is 11.9. The lowest BCUT2D eigenvalue weighted by Gasteiger charge is -2.32. The maximum atomic E-state index is 12.2. The molecule has 0 saturated carbocycles. The fraction of sp³-hybridized carbons (Fsp3) is 0.938. The number of sulfone groups is 1. The number of hydrogen-bond donors (Lipinski definition) is 2. The van der Waals surface area contributed by atoms with Crippen LogP contribution in [0.2, 0.25) is 0 Å². The van der Waals surface area contributed by atoms with Crippen LogP contribution < -0.4 is 10.6 Å². The Morgan fingerprint density at radius 1 is 1.11 bits per heavy atom. The number of rotatable bonds is 7. The van der Waals surface area contributed by atoms with Gasteiger partial charge in [0.05, 0.1) is 22.8 Å². The largest absolute Gasteiger partial charge is 0.357 e. The van der Waals surface area contributed by atoms with Gasteiger partial charge in [0.1, 0.15) is 0 Å². The molecule has 1 saturated heterocycles. The van der Waals surface area contributed by atoms with Crippen LogP contribution in [0.3, 0.4) is 0 Å². The Morgan fingerprint density at radius 2 is 1.67 bits per heavy atom. The quantitative estimate of drug-likeness (QED) is 0.287. The number of piperidine rings is 1. The molecule has 8 nitrogen and oxygen atoms in total. The predicted octanol–water partition coefficient (Wildman–Crippen LogP) is 1.19. The summed E-state index contributed by atoms with van der Waals surface area (Å²) in [5.74, 6) is 0.700. The molecular weight excluding hydrogens is 503 g/mol. The van der Waals surface area contributed by atoms with E-state index in [0.29, 0.717) is 38.4 Å². The van der Waals surface area contributed by atoms with Gasteiger partial charge in [0.25, 0.3) is 0 Å². The molecule has 0 aromatic carbocycles. The van der Waals surface area contributed by atoms with Crippen molar-refractivity contribution in [1.29, 1.82) is 0 Å². The first-order valence-electron chi connectivity index (χ1n) is 9.18. The first-order valence-corrected chi connectivity index (χ1v) is 12.4. The molecule has 0 spiro atoms. The second kappa shape index (κ2) is 11.1. The minimum Gasteiger partial charge on any atom is -0.357 e. The fourth-order valence-electron chi connectivity index (χ4n) is 2.56. The van der Waals surface area contributed by atoms with Crippen molar-refractivity contribution in [2.45, 2.75) is 58.2 Å².